The molecule has 158 valence electrons. The number of rotatable bonds is 6. The Morgan fingerprint density at radius 1 is 1.27 bits per heavy atom. The molecule has 0 aromatic carbocycles. The molecule has 3 rings (SSSR count). The molecule has 1 fully saturated rings. The number of pyridine rings is 1. The number of hydrogen-bond donors (Lipinski definition) is 2. The van der Waals surface area contributed by atoms with Crippen LogP contribution in [-0.4, -0.2) is 48.0 Å². The number of aromatic hydroxyl groups is 1. The van der Waals surface area contributed by atoms with E-state index in [1.165, 1.54) is 17.2 Å². The molecule has 2 aromatic heterocycles. The molecule has 10 heteroatoms. The molecule has 0 bridgehead atoms. The van der Waals surface area contributed by atoms with Crippen LogP contribution in [0.5, 0.6) is 5.88 Å². The molecule has 3 amide bonds. The van der Waals surface area contributed by atoms with Gasteiger partial charge in [-0.1, -0.05) is 6.07 Å². The number of anilines is 1. The number of hydrogen-bond acceptors (Lipinski definition) is 6. The SMILES string of the molecule is CC(=N)/C(Cn1cc(N2C(=O)N(Cc3cccc(O)n3)C(C)(C)C2=O)cn1)=C(/C)P. The van der Waals surface area contributed by atoms with E-state index in [4.69, 9.17) is 5.41 Å². The molecule has 1 aliphatic rings. The van der Waals surface area contributed by atoms with Gasteiger partial charge in [-0.3, -0.25) is 9.48 Å². The first-order chi connectivity index (χ1) is 14.0. The highest BCUT2D eigenvalue weighted by Crippen LogP contribution is 2.33. The average molecular weight is 428 g/mol. The number of allylic oxidation sites excluding steroid dienone is 2. The quantitative estimate of drug-likeness (QED) is 0.417. The molecule has 9 nitrogen and oxygen atoms in total. The lowest BCUT2D eigenvalue weighted by Crippen LogP contribution is -2.43. The van der Waals surface area contributed by atoms with Crippen molar-refractivity contribution in [1.29, 1.82) is 5.41 Å². The molecule has 1 aliphatic heterocycles. The molecule has 0 spiro atoms. The minimum atomic E-state index is -1.08. The van der Waals surface area contributed by atoms with E-state index in [0.29, 0.717) is 23.6 Å². The van der Waals surface area contributed by atoms with Gasteiger partial charge in [0.2, 0.25) is 5.88 Å². The molecular weight excluding hydrogens is 403 g/mol. The predicted octanol–water partition coefficient (Wildman–Crippen LogP) is 2.92. The number of nitrogens with one attached hydrogen (secondary N) is 1. The van der Waals surface area contributed by atoms with E-state index in [9.17, 15) is 14.7 Å². The van der Waals surface area contributed by atoms with Crippen LogP contribution in [0.15, 0.2) is 41.5 Å². The smallest absolute Gasteiger partial charge is 0.332 e. The molecule has 2 N–H and O–H groups in total. The summed E-state index contributed by atoms with van der Waals surface area (Å²) in [6.45, 7) is 7.40. The third-order valence-electron chi connectivity index (χ3n) is 5.06. The van der Waals surface area contributed by atoms with Crippen molar-refractivity contribution in [2.75, 3.05) is 4.90 Å². The minimum Gasteiger partial charge on any atom is -0.493 e. The summed E-state index contributed by atoms with van der Waals surface area (Å²) in [5, 5.41) is 22.7. The normalized spacial score (nSPS) is 16.8. The van der Waals surface area contributed by atoms with E-state index in [1.807, 2.05) is 6.92 Å². The summed E-state index contributed by atoms with van der Waals surface area (Å²) >= 11 is 0. The molecule has 1 unspecified atom stereocenters. The summed E-state index contributed by atoms with van der Waals surface area (Å²) in [5.74, 6) is -0.510. The minimum absolute atomic E-state index is 0.0861. The molecule has 0 saturated carbocycles. The van der Waals surface area contributed by atoms with Gasteiger partial charge in [0.15, 0.2) is 0 Å². The average Bonchev–Trinajstić information content (AvgIpc) is 3.17. The lowest BCUT2D eigenvalue weighted by atomic mass is 10.0. The molecular formula is C20H25N6O3P. The van der Waals surface area contributed by atoms with Gasteiger partial charge in [0.05, 0.1) is 30.7 Å². The Kier molecular flexibility index (Phi) is 5.76. The first-order valence-corrected chi connectivity index (χ1v) is 9.94. The number of urea groups is 1. The van der Waals surface area contributed by atoms with Gasteiger partial charge in [-0.05, 0) is 44.6 Å². The summed E-state index contributed by atoms with van der Waals surface area (Å²) in [5.41, 5.74) is 1.01. The fraction of sp³-hybridized carbons (Fsp3) is 0.350. The maximum absolute atomic E-state index is 13.1. The summed E-state index contributed by atoms with van der Waals surface area (Å²) < 4.78 is 1.60. The van der Waals surface area contributed by atoms with Gasteiger partial charge in [0.25, 0.3) is 5.91 Å². The maximum atomic E-state index is 13.1. The zero-order valence-electron chi connectivity index (χ0n) is 17.4. The lowest BCUT2D eigenvalue weighted by molar-refractivity contribution is -0.123. The second kappa shape index (κ2) is 7.99. The Labute approximate surface area is 177 Å². The maximum Gasteiger partial charge on any atom is 0.332 e. The van der Waals surface area contributed by atoms with Gasteiger partial charge in [-0.2, -0.15) is 5.10 Å². The first kappa shape index (κ1) is 21.6. The molecule has 1 saturated heterocycles. The van der Waals surface area contributed by atoms with Crippen LogP contribution in [0.2, 0.25) is 0 Å². The van der Waals surface area contributed by atoms with Crippen molar-refractivity contribution in [3.05, 3.63) is 47.2 Å². The fourth-order valence-corrected chi connectivity index (χ4v) is 3.61. The van der Waals surface area contributed by atoms with Crippen LogP contribution < -0.4 is 4.90 Å². The van der Waals surface area contributed by atoms with E-state index >= 15 is 0 Å². The number of nitrogens with zero attached hydrogens (tertiary/aromatic N) is 5. The number of amides is 3. The van der Waals surface area contributed by atoms with Crippen LogP contribution in [0.25, 0.3) is 0 Å². The van der Waals surface area contributed by atoms with Crippen LogP contribution in [0.4, 0.5) is 10.5 Å². The standard InChI is InChI=1S/C20H25N6O3P/c1-12(21)16(13(2)30)11-24-10-15(8-22-24)26-18(28)20(3,4)25(19(26)29)9-14-6-5-7-17(27)23-14/h5-8,10,21H,9,11,30H2,1-4H3,(H,23,27)/b16-13-,21-12?. The van der Waals surface area contributed by atoms with Crippen molar-refractivity contribution in [2.24, 2.45) is 0 Å². The van der Waals surface area contributed by atoms with Crippen LogP contribution in [-0.2, 0) is 17.9 Å². The third kappa shape index (κ3) is 3.98. The second-order valence-corrected chi connectivity index (χ2v) is 8.60. The zero-order chi connectivity index (χ0) is 22.2. The summed E-state index contributed by atoms with van der Waals surface area (Å²) in [6.07, 6.45) is 3.09. The third-order valence-corrected chi connectivity index (χ3v) is 5.41. The van der Waals surface area contributed by atoms with Crippen molar-refractivity contribution in [3.63, 3.8) is 0 Å². The molecule has 2 aromatic rings. The van der Waals surface area contributed by atoms with Crippen LogP contribution >= 0.6 is 9.24 Å². The van der Waals surface area contributed by atoms with Crippen molar-refractivity contribution >= 4 is 32.6 Å². The Hall–Kier alpha value is -3.06. The van der Waals surface area contributed by atoms with Crippen molar-refractivity contribution in [3.8, 4) is 5.88 Å². The van der Waals surface area contributed by atoms with Gasteiger partial charge in [0, 0.05) is 18.0 Å². The summed E-state index contributed by atoms with van der Waals surface area (Å²) in [6, 6.07) is 4.30. The van der Waals surface area contributed by atoms with E-state index in [0.717, 1.165) is 15.8 Å². The number of aromatic nitrogens is 3. The van der Waals surface area contributed by atoms with Crippen LogP contribution in [0.3, 0.4) is 0 Å². The Bertz CT molecular complexity index is 1050. The number of carbonyl (C=O) groups excluding carboxylic acids is 2. The highest BCUT2D eigenvalue weighted by Gasteiger charge is 2.52. The fourth-order valence-electron chi connectivity index (χ4n) is 3.30. The predicted molar refractivity (Wildman–Crippen MR) is 116 cm³/mol. The topological polar surface area (TPSA) is 115 Å². The molecule has 30 heavy (non-hydrogen) atoms. The highest BCUT2D eigenvalue weighted by atomic mass is 31.0. The number of imide groups is 1. The van der Waals surface area contributed by atoms with Gasteiger partial charge >= 0.3 is 6.03 Å². The summed E-state index contributed by atoms with van der Waals surface area (Å²) in [7, 11) is 2.58. The molecule has 0 radical (unpaired) electrons. The first-order valence-electron chi connectivity index (χ1n) is 9.36. The van der Waals surface area contributed by atoms with Crippen molar-refractivity contribution in [2.45, 2.75) is 46.3 Å². The highest BCUT2D eigenvalue weighted by molar-refractivity contribution is 7.22. The Morgan fingerprint density at radius 2 is 1.97 bits per heavy atom. The van der Waals surface area contributed by atoms with Gasteiger partial charge < -0.3 is 15.4 Å². The molecule has 3 heterocycles. The largest absolute Gasteiger partial charge is 0.493 e. The zero-order valence-corrected chi connectivity index (χ0v) is 18.5. The molecule has 1 atom stereocenters. The van der Waals surface area contributed by atoms with E-state index < -0.39 is 11.6 Å². The van der Waals surface area contributed by atoms with E-state index in [-0.39, 0.29) is 18.3 Å². The lowest BCUT2D eigenvalue weighted by Gasteiger charge is -2.27. The van der Waals surface area contributed by atoms with Crippen LogP contribution in [0, 0.1) is 5.41 Å². The van der Waals surface area contributed by atoms with E-state index in [2.05, 4.69) is 19.3 Å². The van der Waals surface area contributed by atoms with E-state index in [1.54, 1.807) is 43.8 Å². The molecule has 0 aliphatic carbocycles. The van der Waals surface area contributed by atoms with Crippen molar-refractivity contribution < 1.29 is 14.7 Å². The number of carbonyl (C=O) groups is 2. The second-order valence-electron chi connectivity index (χ2n) is 7.74. The van der Waals surface area contributed by atoms with Gasteiger partial charge in [0.1, 0.15) is 5.54 Å². The Morgan fingerprint density at radius 3 is 2.57 bits per heavy atom. The monoisotopic (exact) mass is 428 g/mol. The van der Waals surface area contributed by atoms with Gasteiger partial charge in [-0.25, -0.2) is 14.7 Å². The summed E-state index contributed by atoms with van der Waals surface area (Å²) in [4.78, 5) is 32.7. The van der Waals surface area contributed by atoms with Gasteiger partial charge in [-0.15, -0.1) is 9.24 Å². The Balaban J connectivity index is 1.88. The van der Waals surface area contributed by atoms with Crippen LogP contribution in [0.1, 0.15) is 33.4 Å². The van der Waals surface area contributed by atoms with Crippen molar-refractivity contribution in [1.82, 2.24) is 19.7 Å².